The predicted octanol–water partition coefficient (Wildman–Crippen LogP) is 5.48. The number of likely N-dealkylation sites (N-methyl/N-ethyl adjacent to an activating group) is 1. The molecule has 0 saturated carbocycles. The minimum atomic E-state index is -0.388. The molecule has 0 spiro atoms. The number of para-hydroxylation sites is 2. The number of anilines is 1. The van der Waals surface area contributed by atoms with Crippen molar-refractivity contribution < 1.29 is 24.2 Å². The van der Waals surface area contributed by atoms with Crippen LogP contribution < -0.4 is 14.8 Å². The normalized spacial score (nSPS) is 17.2. The third-order valence-electron chi connectivity index (χ3n) is 7.73. The van der Waals surface area contributed by atoms with E-state index in [-0.39, 0.29) is 36.5 Å². The molecule has 3 atom stereocenters. The summed E-state index contributed by atoms with van der Waals surface area (Å²) in [6, 6.07) is 25.7. The topological polar surface area (TPSA) is 104 Å². The highest BCUT2D eigenvalue weighted by molar-refractivity contribution is 6.07. The second kappa shape index (κ2) is 14.2. The summed E-state index contributed by atoms with van der Waals surface area (Å²) in [6.45, 7) is 5.35. The van der Waals surface area contributed by atoms with Crippen LogP contribution in [0.15, 0.2) is 97.3 Å². The van der Waals surface area contributed by atoms with Gasteiger partial charge in [-0.2, -0.15) is 0 Å². The smallest absolute Gasteiger partial charge is 0.258 e. The van der Waals surface area contributed by atoms with E-state index in [0.29, 0.717) is 42.2 Å². The molecular formula is C35H38N4O5. The molecule has 0 unspecified atom stereocenters. The van der Waals surface area contributed by atoms with Gasteiger partial charge in [-0.1, -0.05) is 43.3 Å². The van der Waals surface area contributed by atoms with Gasteiger partial charge in [0.1, 0.15) is 17.6 Å². The number of pyridine rings is 1. The molecule has 9 nitrogen and oxygen atoms in total. The van der Waals surface area contributed by atoms with Crippen LogP contribution in [-0.2, 0) is 6.54 Å². The van der Waals surface area contributed by atoms with Crippen LogP contribution >= 0.6 is 0 Å². The molecule has 0 radical (unpaired) electrons. The molecule has 2 amide bonds. The molecule has 0 bridgehead atoms. The maximum absolute atomic E-state index is 13.7. The lowest BCUT2D eigenvalue weighted by atomic mass is 9.98. The number of hydrogen-bond donors (Lipinski definition) is 2. The Hall–Kier alpha value is -4.73. The Morgan fingerprint density at radius 1 is 1.05 bits per heavy atom. The number of nitrogens with zero attached hydrogens (tertiary/aromatic N) is 3. The standard InChI is InChI=1S/C35H38N4O5/c1-24-20-39(25(2)23-40)35(42)30-10-7-11-31(37-34(41)27-16-18-36-19-17-27)33(30)44-32(24)22-38(3)21-26-12-14-29(15-13-26)43-28-8-5-4-6-9-28/h4-19,24-25,32,40H,20-23H2,1-3H3,(H,37,41)/t24-,25+,32-/m1/s1. The molecular weight excluding hydrogens is 556 g/mol. The lowest BCUT2D eigenvalue weighted by Gasteiger charge is -2.38. The van der Waals surface area contributed by atoms with E-state index in [1.807, 2.05) is 75.5 Å². The van der Waals surface area contributed by atoms with Crippen molar-refractivity contribution in [2.24, 2.45) is 5.92 Å². The first-order valence-corrected chi connectivity index (χ1v) is 14.8. The molecule has 228 valence electrons. The Balaban J connectivity index is 1.36. The number of aliphatic hydroxyl groups is 1. The zero-order chi connectivity index (χ0) is 31.1. The zero-order valence-corrected chi connectivity index (χ0v) is 25.2. The summed E-state index contributed by atoms with van der Waals surface area (Å²) in [4.78, 5) is 34.7. The molecule has 1 aliphatic heterocycles. The van der Waals surface area contributed by atoms with Crippen molar-refractivity contribution in [3.05, 3.63) is 114 Å². The predicted molar refractivity (Wildman–Crippen MR) is 169 cm³/mol. The Kier molecular flexibility index (Phi) is 9.89. The lowest BCUT2D eigenvalue weighted by molar-refractivity contribution is 0.0343. The van der Waals surface area contributed by atoms with Crippen molar-refractivity contribution in [2.75, 3.05) is 32.1 Å². The van der Waals surface area contributed by atoms with Gasteiger partial charge in [0.25, 0.3) is 11.8 Å². The van der Waals surface area contributed by atoms with Gasteiger partial charge in [-0.3, -0.25) is 19.5 Å². The van der Waals surface area contributed by atoms with E-state index < -0.39 is 0 Å². The number of rotatable bonds is 10. The molecule has 0 saturated heterocycles. The molecule has 9 heteroatoms. The molecule has 44 heavy (non-hydrogen) atoms. The zero-order valence-electron chi connectivity index (χ0n) is 25.2. The molecule has 2 N–H and O–H groups in total. The van der Waals surface area contributed by atoms with Crippen molar-refractivity contribution >= 4 is 17.5 Å². The number of nitrogens with one attached hydrogen (secondary N) is 1. The summed E-state index contributed by atoms with van der Waals surface area (Å²) >= 11 is 0. The number of amides is 2. The first-order chi connectivity index (χ1) is 21.3. The fourth-order valence-electron chi connectivity index (χ4n) is 5.23. The molecule has 3 aromatic carbocycles. The maximum atomic E-state index is 13.7. The van der Waals surface area contributed by atoms with Crippen LogP contribution in [0.2, 0.25) is 0 Å². The summed E-state index contributed by atoms with van der Waals surface area (Å²) in [5.41, 5.74) is 2.30. The quantitative estimate of drug-likeness (QED) is 0.251. The maximum Gasteiger partial charge on any atom is 0.258 e. The van der Waals surface area contributed by atoms with Crippen molar-refractivity contribution in [1.82, 2.24) is 14.8 Å². The first-order valence-electron chi connectivity index (χ1n) is 14.8. The molecule has 1 aliphatic rings. The van der Waals surface area contributed by atoms with E-state index in [1.165, 1.54) is 0 Å². The fraction of sp³-hybridized carbons (Fsp3) is 0.286. The highest BCUT2D eigenvalue weighted by Crippen LogP contribution is 2.35. The lowest BCUT2D eigenvalue weighted by Crippen LogP contribution is -2.49. The summed E-state index contributed by atoms with van der Waals surface area (Å²) < 4.78 is 12.6. The summed E-state index contributed by atoms with van der Waals surface area (Å²) in [7, 11) is 2.03. The van der Waals surface area contributed by atoms with Crippen LogP contribution in [0.1, 0.15) is 40.1 Å². The number of ether oxygens (including phenoxy) is 2. The van der Waals surface area contributed by atoms with Crippen molar-refractivity contribution in [1.29, 1.82) is 0 Å². The van der Waals surface area contributed by atoms with E-state index in [9.17, 15) is 14.7 Å². The van der Waals surface area contributed by atoms with Gasteiger partial charge in [0.05, 0.1) is 23.9 Å². The van der Waals surface area contributed by atoms with Crippen LogP contribution in [0.3, 0.4) is 0 Å². The second-order valence-corrected chi connectivity index (χ2v) is 11.3. The van der Waals surface area contributed by atoms with Gasteiger partial charge >= 0.3 is 0 Å². The van der Waals surface area contributed by atoms with Gasteiger partial charge in [0, 0.05) is 43.5 Å². The number of benzene rings is 3. The number of fused-ring (bicyclic) bond motifs is 1. The van der Waals surface area contributed by atoms with E-state index in [0.717, 1.165) is 17.1 Å². The highest BCUT2D eigenvalue weighted by atomic mass is 16.5. The SMILES string of the molecule is C[C@@H]1CN([C@@H](C)CO)C(=O)c2cccc(NC(=O)c3ccncc3)c2O[C@@H]1CN(C)Cc1ccc(Oc2ccccc2)cc1. The van der Waals surface area contributed by atoms with Gasteiger partial charge in [-0.15, -0.1) is 0 Å². The first kappa shape index (κ1) is 30.7. The molecule has 0 aliphatic carbocycles. The highest BCUT2D eigenvalue weighted by Gasteiger charge is 2.34. The Morgan fingerprint density at radius 2 is 1.75 bits per heavy atom. The molecule has 5 rings (SSSR count). The van der Waals surface area contributed by atoms with E-state index in [1.54, 1.807) is 47.6 Å². The minimum absolute atomic E-state index is 0.0749. The van der Waals surface area contributed by atoms with Gasteiger partial charge < -0.3 is 24.8 Å². The van der Waals surface area contributed by atoms with Gasteiger partial charge in [0.15, 0.2) is 5.75 Å². The van der Waals surface area contributed by atoms with E-state index >= 15 is 0 Å². The minimum Gasteiger partial charge on any atom is -0.486 e. The van der Waals surface area contributed by atoms with E-state index in [2.05, 4.69) is 15.2 Å². The van der Waals surface area contributed by atoms with Crippen LogP contribution in [0.25, 0.3) is 0 Å². The molecule has 2 heterocycles. The van der Waals surface area contributed by atoms with Crippen LogP contribution in [0.5, 0.6) is 17.2 Å². The van der Waals surface area contributed by atoms with Gasteiger partial charge in [-0.05, 0) is 68.1 Å². The number of carbonyl (C=O) groups is 2. The number of aromatic nitrogens is 1. The summed E-state index contributed by atoms with van der Waals surface area (Å²) in [5, 5.41) is 12.9. The van der Waals surface area contributed by atoms with Crippen LogP contribution in [0.4, 0.5) is 5.69 Å². The molecule has 0 fully saturated rings. The van der Waals surface area contributed by atoms with Crippen molar-refractivity contribution in [3.63, 3.8) is 0 Å². The third kappa shape index (κ3) is 7.42. The van der Waals surface area contributed by atoms with Gasteiger partial charge in [-0.25, -0.2) is 0 Å². The largest absolute Gasteiger partial charge is 0.486 e. The van der Waals surface area contributed by atoms with Crippen LogP contribution in [0, 0.1) is 5.92 Å². The second-order valence-electron chi connectivity index (χ2n) is 11.3. The number of aliphatic hydroxyl groups excluding tert-OH is 1. The third-order valence-corrected chi connectivity index (χ3v) is 7.73. The van der Waals surface area contributed by atoms with Gasteiger partial charge in [0.2, 0.25) is 0 Å². The van der Waals surface area contributed by atoms with E-state index in [4.69, 9.17) is 9.47 Å². The average molecular weight is 595 g/mol. The Morgan fingerprint density at radius 3 is 2.45 bits per heavy atom. The van der Waals surface area contributed by atoms with Crippen molar-refractivity contribution in [3.8, 4) is 17.2 Å². The Labute approximate surface area is 258 Å². The number of hydrogen-bond acceptors (Lipinski definition) is 7. The molecule has 4 aromatic rings. The number of carbonyl (C=O) groups excluding carboxylic acids is 2. The van der Waals surface area contributed by atoms with Crippen molar-refractivity contribution in [2.45, 2.75) is 32.5 Å². The van der Waals surface area contributed by atoms with Crippen LogP contribution in [-0.4, -0.2) is 70.6 Å². The monoisotopic (exact) mass is 594 g/mol. The average Bonchev–Trinajstić information content (AvgIpc) is 3.04. The molecule has 1 aromatic heterocycles. The fourth-order valence-corrected chi connectivity index (χ4v) is 5.23. The summed E-state index contributed by atoms with van der Waals surface area (Å²) in [5.74, 6) is 1.21. The summed E-state index contributed by atoms with van der Waals surface area (Å²) in [6.07, 6.45) is 2.78. The Bertz CT molecular complexity index is 1550.